The highest BCUT2D eigenvalue weighted by molar-refractivity contribution is 7.45. The number of hydrogen-bond donors (Lipinski definition) is 2. The zero-order valence-corrected chi connectivity index (χ0v) is 49.0. The molecule has 0 radical (unpaired) electrons. The number of likely N-dealkylation sites (N-methyl/N-ethyl adjacent to an activating group) is 1. The second-order valence-corrected chi connectivity index (χ2v) is 23.4. The minimum absolute atomic E-state index is 0.0101. The molecule has 72 heavy (non-hydrogen) atoms. The molecule has 0 saturated heterocycles. The third-order valence-corrected chi connectivity index (χ3v) is 14.6. The molecule has 0 saturated carbocycles. The number of phosphoric acid groups is 1. The van der Waals surface area contributed by atoms with Gasteiger partial charge in [0.05, 0.1) is 39.9 Å². The van der Waals surface area contributed by atoms with Gasteiger partial charge in [0.2, 0.25) is 5.91 Å². The summed E-state index contributed by atoms with van der Waals surface area (Å²) in [6, 6.07) is -0.910. The number of nitrogens with one attached hydrogen (secondary N) is 1. The van der Waals surface area contributed by atoms with Gasteiger partial charge in [-0.15, -0.1) is 0 Å². The summed E-state index contributed by atoms with van der Waals surface area (Å²) < 4.78 is 23.2. The summed E-state index contributed by atoms with van der Waals surface area (Å²) in [5.41, 5.74) is 0. The first-order chi connectivity index (χ1) is 35.0. The van der Waals surface area contributed by atoms with E-state index in [1.54, 1.807) is 6.08 Å². The Bertz CT molecular complexity index is 1360. The predicted octanol–water partition coefficient (Wildman–Crippen LogP) is 18.2. The number of allylic oxidation sites excluding steroid dienone is 9. The van der Waals surface area contributed by atoms with Crippen molar-refractivity contribution < 1.29 is 32.9 Å². The predicted molar refractivity (Wildman–Crippen MR) is 311 cm³/mol. The summed E-state index contributed by atoms with van der Waals surface area (Å²) in [5.74, 6) is -0.212. The maximum atomic E-state index is 12.9. The molecule has 0 aromatic heterocycles. The standard InChI is InChI=1S/C63H119N2O6P/c1-6-8-10-12-14-16-18-19-20-21-22-23-24-25-26-27-28-29-30-31-32-33-34-35-36-37-38-39-40-41-42-43-44-45-47-49-51-53-55-57-63(67)64-61(60-71-72(68,69)70-59-58-65(3,4)5)62(66)56-54-52-50-48-46-17-15-13-11-9-7-2/h11,13,28-29,31-32,46,48,54,56,61-62,66H,6-10,12,14-27,30,33-45,47,49-53,55,57-60H2,1-5H3,(H-,64,67,68,69)/b13-11+,29-28-,32-31-,48-46+,56-54+. The van der Waals surface area contributed by atoms with Gasteiger partial charge >= 0.3 is 0 Å². The molecule has 2 N–H and O–H groups in total. The number of carbonyl (C=O) groups excluding carboxylic acids is 1. The van der Waals surface area contributed by atoms with Crippen molar-refractivity contribution in [2.24, 2.45) is 0 Å². The highest BCUT2D eigenvalue weighted by Gasteiger charge is 2.23. The van der Waals surface area contributed by atoms with Gasteiger partial charge < -0.3 is 28.8 Å². The molecule has 422 valence electrons. The minimum Gasteiger partial charge on any atom is -0.756 e. The van der Waals surface area contributed by atoms with Crippen molar-refractivity contribution in [3.8, 4) is 0 Å². The Morgan fingerprint density at radius 1 is 0.486 bits per heavy atom. The number of aliphatic hydroxyl groups is 1. The Morgan fingerprint density at radius 2 is 0.847 bits per heavy atom. The smallest absolute Gasteiger partial charge is 0.268 e. The Labute approximate surface area is 447 Å². The van der Waals surface area contributed by atoms with Gasteiger partial charge in [-0.1, -0.05) is 267 Å². The van der Waals surface area contributed by atoms with Crippen molar-refractivity contribution in [3.63, 3.8) is 0 Å². The highest BCUT2D eigenvalue weighted by Crippen LogP contribution is 2.38. The number of rotatable bonds is 56. The van der Waals surface area contributed by atoms with Crippen LogP contribution in [0.2, 0.25) is 0 Å². The number of carbonyl (C=O) groups is 1. The van der Waals surface area contributed by atoms with Gasteiger partial charge in [-0.25, -0.2) is 0 Å². The van der Waals surface area contributed by atoms with Crippen molar-refractivity contribution in [2.45, 2.75) is 296 Å². The van der Waals surface area contributed by atoms with Gasteiger partial charge in [0.15, 0.2) is 0 Å². The second kappa shape index (κ2) is 54.0. The van der Waals surface area contributed by atoms with Gasteiger partial charge in [-0.05, 0) is 70.6 Å². The molecule has 0 aromatic carbocycles. The lowest BCUT2D eigenvalue weighted by Crippen LogP contribution is -2.45. The van der Waals surface area contributed by atoms with E-state index in [0.717, 1.165) is 57.8 Å². The topological polar surface area (TPSA) is 108 Å². The van der Waals surface area contributed by atoms with Crippen LogP contribution in [-0.2, 0) is 18.4 Å². The monoisotopic (exact) mass is 1030 g/mol. The quantitative estimate of drug-likeness (QED) is 0.0272. The number of phosphoric ester groups is 1. The number of nitrogens with zero attached hydrogens (tertiary/aromatic N) is 1. The van der Waals surface area contributed by atoms with Crippen LogP contribution in [0.1, 0.15) is 284 Å². The Hall–Kier alpha value is -1.80. The molecule has 0 rings (SSSR count). The first kappa shape index (κ1) is 70.2. The molecule has 0 aromatic rings. The van der Waals surface area contributed by atoms with E-state index in [-0.39, 0.29) is 12.5 Å². The van der Waals surface area contributed by atoms with Crippen molar-refractivity contribution in [1.29, 1.82) is 0 Å². The summed E-state index contributed by atoms with van der Waals surface area (Å²) in [4.78, 5) is 25.4. The van der Waals surface area contributed by atoms with Crippen LogP contribution in [0.15, 0.2) is 60.8 Å². The fraction of sp³-hybridized carbons (Fsp3) is 0.825. The second-order valence-electron chi connectivity index (χ2n) is 22.0. The third-order valence-electron chi connectivity index (χ3n) is 13.7. The van der Waals surface area contributed by atoms with E-state index >= 15 is 0 Å². The van der Waals surface area contributed by atoms with Gasteiger partial charge in [0.1, 0.15) is 13.2 Å². The van der Waals surface area contributed by atoms with Crippen LogP contribution in [0.3, 0.4) is 0 Å². The largest absolute Gasteiger partial charge is 0.756 e. The van der Waals surface area contributed by atoms with Gasteiger partial charge in [-0.2, -0.15) is 0 Å². The molecule has 8 nitrogen and oxygen atoms in total. The molecule has 3 unspecified atom stereocenters. The maximum Gasteiger partial charge on any atom is 0.268 e. The molecule has 0 aliphatic rings. The van der Waals surface area contributed by atoms with Crippen LogP contribution >= 0.6 is 7.82 Å². The van der Waals surface area contributed by atoms with Crippen molar-refractivity contribution >= 4 is 13.7 Å². The Balaban J connectivity index is 3.88. The zero-order valence-electron chi connectivity index (χ0n) is 48.1. The maximum absolute atomic E-state index is 12.9. The van der Waals surface area contributed by atoms with Crippen LogP contribution in [0.4, 0.5) is 0 Å². The molecular weight excluding hydrogens is 912 g/mol. The number of amides is 1. The zero-order chi connectivity index (χ0) is 52.7. The number of aliphatic hydroxyl groups excluding tert-OH is 1. The number of unbranched alkanes of at least 4 members (excludes halogenated alkanes) is 35. The van der Waals surface area contributed by atoms with E-state index < -0.39 is 26.6 Å². The Morgan fingerprint density at radius 3 is 1.25 bits per heavy atom. The first-order valence-corrected chi connectivity index (χ1v) is 32.1. The van der Waals surface area contributed by atoms with Crippen LogP contribution in [0.5, 0.6) is 0 Å². The van der Waals surface area contributed by atoms with Crippen LogP contribution in [-0.4, -0.2) is 68.5 Å². The van der Waals surface area contributed by atoms with E-state index in [1.807, 2.05) is 27.2 Å². The summed E-state index contributed by atoms with van der Waals surface area (Å²) in [6.07, 6.45) is 73.6. The summed E-state index contributed by atoms with van der Waals surface area (Å²) in [5, 5.41) is 13.8. The molecule has 0 bridgehead atoms. The van der Waals surface area contributed by atoms with Crippen LogP contribution in [0.25, 0.3) is 0 Å². The number of quaternary nitrogens is 1. The van der Waals surface area contributed by atoms with E-state index in [2.05, 4.69) is 67.8 Å². The van der Waals surface area contributed by atoms with Crippen molar-refractivity contribution in [1.82, 2.24) is 5.32 Å². The molecular formula is C63H119N2O6P. The summed E-state index contributed by atoms with van der Waals surface area (Å²) in [6.45, 7) is 4.56. The van der Waals surface area contributed by atoms with E-state index in [0.29, 0.717) is 17.4 Å². The molecule has 1 amide bonds. The number of hydrogen-bond acceptors (Lipinski definition) is 6. The summed E-state index contributed by atoms with van der Waals surface area (Å²) >= 11 is 0. The van der Waals surface area contributed by atoms with Crippen LogP contribution < -0.4 is 10.2 Å². The molecule has 0 aliphatic carbocycles. The molecule has 0 fully saturated rings. The van der Waals surface area contributed by atoms with E-state index in [4.69, 9.17) is 9.05 Å². The van der Waals surface area contributed by atoms with Crippen molar-refractivity contribution in [2.75, 3.05) is 40.9 Å². The van der Waals surface area contributed by atoms with E-state index in [9.17, 15) is 19.4 Å². The third kappa shape index (κ3) is 55.9. The van der Waals surface area contributed by atoms with E-state index in [1.165, 1.54) is 205 Å². The highest BCUT2D eigenvalue weighted by atomic mass is 31.2. The minimum atomic E-state index is -4.60. The first-order valence-electron chi connectivity index (χ1n) is 30.7. The summed E-state index contributed by atoms with van der Waals surface area (Å²) in [7, 11) is 1.23. The molecule has 3 atom stereocenters. The average Bonchev–Trinajstić information content (AvgIpc) is 3.34. The SMILES string of the molecule is CCC/C=C/CC/C=C/CC/C=C/C(O)C(COP(=O)([O-])OCC[N+](C)(C)C)NC(=O)CCCCCCCCCCCCCCCCCCC/C=C\C/C=C\CCCCCCCCCCCCCCCCC. The molecule has 9 heteroatoms. The Kier molecular flexibility index (Phi) is 52.7. The normalized spacial score (nSPS) is 14.3. The average molecular weight is 1030 g/mol. The van der Waals surface area contributed by atoms with Crippen molar-refractivity contribution in [3.05, 3.63) is 60.8 Å². The molecule has 0 heterocycles. The fourth-order valence-corrected chi connectivity index (χ4v) is 9.60. The molecule has 0 spiro atoms. The van der Waals surface area contributed by atoms with Gasteiger partial charge in [0.25, 0.3) is 7.82 Å². The van der Waals surface area contributed by atoms with Gasteiger partial charge in [0, 0.05) is 6.42 Å². The van der Waals surface area contributed by atoms with Gasteiger partial charge in [-0.3, -0.25) is 9.36 Å². The lowest BCUT2D eigenvalue weighted by Gasteiger charge is -2.29. The van der Waals surface area contributed by atoms with Crippen LogP contribution in [0, 0.1) is 0 Å². The fourth-order valence-electron chi connectivity index (χ4n) is 8.87. The lowest BCUT2D eigenvalue weighted by molar-refractivity contribution is -0.870. The molecule has 0 aliphatic heterocycles. The lowest BCUT2D eigenvalue weighted by atomic mass is 10.0.